The van der Waals surface area contributed by atoms with E-state index in [9.17, 15) is 4.79 Å². The van der Waals surface area contributed by atoms with Gasteiger partial charge in [-0.25, -0.2) is 4.98 Å². The molecule has 1 N–H and O–H groups in total. The van der Waals surface area contributed by atoms with Crippen molar-refractivity contribution in [3.05, 3.63) is 41.7 Å². The molecule has 0 spiro atoms. The van der Waals surface area contributed by atoms with Gasteiger partial charge in [-0.1, -0.05) is 12.1 Å². The highest BCUT2D eigenvalue weighted by atomic mass is 16.1. The van der Waals surface area contributed by atoms with Crippen molar-refractivity contribution in [2.24, 2.45) is 7.05 Å². The molecule has 22 heavy (non-hydrogen) atoms. The second-order valence-corrected chi connectivity index (χ2v) is 5.43. The van der Waals surface area contributed by atoms with E-state index in [4.69, 9.17) is 0 Å². The monoisotopic (exact) mass is 297 g/mol. The molecule has 0 saturated carbocycles. The van der Waals surface area contributed by atoms with Gasteiger partial charge in [0.05, 0.1) is 16.7 Å². The van der Waals surface area contributed by atoms with E-state index in [0.717, 1.165) is 22.4 Å². The number of para-hydroxylation sites is 2. The fourth-order valence-corrected chi connectivity index (χ4v) is 2.55. The number of aryl methyl sites for hydroxylation is 4. The molecule has 3 rings (SSSR count). The molecule has 114 valence electrons. The Morgan fingerprint density at radius 3 is 2.73 bits per heavy atom. The van der Waals surface area contributed by atoms with E-state index in [1.54, 1.807) is 0 Å². The van der Waals surface area contributed by atoms with Crippen molar-refractivity contribution >= 4 is 22.9 Å². The summed E-state index contributed by atoms with van der Waals surface area (Å²) in [6.45, 7) is 4.50. The number of hydrogen-bond donors (Lipinski definition) is 1. The molecule has 0 fully saturated rings. The number of carbonyl (C=O) groups excluding carboxylic acids is 1. The molecule has 0 aliphatic carbocycles. The maximum absolute atomic E-state index is 12.1. The number of nitrogens with zero attached hydrogens (tertiary/aromatic N) is 4. The predicted octanol–water partition coefficient (Wildman–Crippen LogP) is 2.42. The van der Waals surface area contributed by atoms with E-state index in [1.165, 1.54) is 0 Å². The van der Waals surface area contributed by atoms with Crippen LogP contribution in [0.25, 0.3) is 11.0 Å². The summed E-state index contributed by atoms with van der Waals surface area (Å²) in [5.74, 6) is 0.505. The molecule has 3 aromatic rings. The van der Waals surface area contributed by atoms with Crippen molar-refractivity contribution in [3.8, 4) is 0 Å². The minimum absolute atomic E-state index is 0.0639. The first-order chi connectivity index (χ1) is 10.5. The fraction of sp³-hybridized carbons (Fsp3) is 0.312. The minimum atomic E-state index is -0.0639. The molecule has 2 aromatic heterocycles. The molecule has 0 aliphatic heterocycles. The van der Waals surface area contributed by atoms with E-state index >= 15 is 0 Å². The number of aromatic nitrogens is 4. The maximum atomic E-state index is 12.1. The Morgan fingerprint density at radius 1 is 1.27 bits per heavy atom. The Morgan fingerprint density at radius 2 is 2.05 bits per heavy atom. The highest BCUT2D eigenvalue weighted by molar-refractivity contribution is 5.91. The zero-order valence-corrected chi connectivity index (χ0v) is 13.0. The third-order valence-corrected chi connectivity index (χ3v) is 3.69. The van der Waals surface area contributed by atoms with Gasteiger partial charge in [0, 0.05) is 25.7 Å². The molecule has 0 saturated heterocycles. The standard InChI is InChI=1S/C16H19N5O/c1-11-10-12(2)21(19-11)9-8-15(22)18-16-17-13-6-4-5-7-14(13)20(16)3/h4-7,10H,8-9H2,1-3H3,(H,17,18,22). The van der Waals surface area contributed by atoms with Gasteiger partial charge in [-0.15, -0.1) is 0 Å². The molecule has 6 heteroatoms. The Hall–Kier alpha value is -2.63. The number of hydrogen-bond acceptors (Lipinski definition) is 3. The van der Waals surface area contributed by atoms with Crippen molar-refractivity contribution < 1.29 is 4.79 Å². The largest absolute Gasteiger partial charge is 0.313 e. The van der Waals surface area contributed by atoms with Crippen LogP contribution in [-0.2, 0) is 18.4 Å². The van der Waals surface area contributed by atoms with Crippen molar-refractivity contribution in [1.82, 2.24) is 19.3 Å². The first-order valence-corrected chi connectivity index (χ1v) is 7.27. The summed E-state index contributed by atoms with van der Waals surface area (Å²) in [4.78, 5) is 16.6. The van der Waals surface area contributed by atoms with Crippen molar-refractivity contribution in [1.29, 1.82) is 0 Å². The number of nitrogens with one attached hydrogen (secondary N) is 1. The average molecular weight is 297 g/mol. The number of fused-ring (bicyclic) bond motifs is 1. The second kappa shape index (κ2) is 5.63. The third kappa shape index (κ3) is 2.72. The normalized spacial score (nSPS) is 11.0. The molecule has 0 bridgehead atoms. The van der Waals surface area contributed by atoms with Gasteiger partial charge in [-0.2, -0.15) is 5.10 Å². The molecule has 1 amide bonds. The van der Waals surface area contributed by atoms with Crippen LogP contribution in [0.1, 0.15) is 17.8 Å². The van der Waals surface area contributed by atoms with Crippen LogP contribution in [-0.4, -0.2) is 25.2 Å². The topological polar surface area (TPSA) is 64.7 Å². The number of imidazole rings is 1. The second-order valence-electron chi connectivity index (χ2n) is 5.43. The maximum Gasteiger partial charge on any atom is 0.228 e. The van der Waals surface area contributed by atoms with Gasteiger partial charge in [-0.05, 0) is 32.0 Å². The number of anilines is 1. The van der Waals surface area contributed by atoms with Gasteiger partial charge >= 0.3 is 0 Å². The molecule has 6 nitrogen and oxygen atoms in total. The van der Waals surface area contributed by atoms with Gasteiger partial charge in [-0.3, -0.25) is 14.8 Å². The summed E-state index contributed by atoms with van der Waals surface area (Å²) in [6.07, 6.45) is 0.366. The van der Waals surface area contributed by atoms with Crippen LogP contribution in [0, 0.1) is 13.8 Å². The van der Waals surface area contributed by atoms with E-state index in [1.807, 2.05) is 60.5 Å². The lowest BCUT2D eigenvalue weighted by Crippen LogP contribution is -2.17. The lowest BCUT2D eigenvalue weighted by molar-refractivity contribution is -0.116. The van der Waals surface area contributed by atoms with Crippen LogP contribution in [0.3, 0.4) is 0 Å². The first-order valence-electron chi connectivity index (χ1n) is 7.27. The summed E-state index contributed by atoms with van der Waals surface area (Å²) in [5.41, 5.74) is 3.90. The number of amides is 1. The van der Waals surface area contributed by atoms with Crippen LogP contribution in [0.15, 0.2) is 30.3 Å². The smallest absolute Gasteiger partial charge is 0.228 e. The number of benzene rings is 1. The van der Waals surface area contributed by atoms with Crippen LogP contribution in [0.5, 0.6) is 0 Å². The summed E-state index contributed by atoms with van der Waals surface area (Å²) in [6, 6.07) is 9.81. The highest BCUT2D eigenvalue weighted by Gasteiger charge is 2.11. The minimum Gasteiger partial charge on any atom is -0.313 e. The average Bonchev–Trinajstić information content (AvgIpc) is 2.97. The summed E-state index contributed by atoms with van der Waals surface area (Å²) in [5, 5.41) is 7.23. The summed E-state index contributed by atoms with van der Waals surface area (Å²) >= 11 is 0. The molecule has 0 atom stereocenters. The number of carbonyl (C=O) groups is 1. The van der Waals surface area contributed by atoms with Crippen molar-refractivity contribution in [3.63, 3.8) is 0 Å². The molecule has 2 heterocycles. The molecule has 0 aliphatic rings. The van der Waals surface area contributed by atoms with E-state index in [2.05, 4.69) is 15.4 Å². The third-order valence-electron chi connectivity index (χ3n) is 3.69. The molecular weight excluding hydrogens is 278 g/mol. The Balaban J connectivity index is 1.68. The van der Waals surface area contributed by atoms with Gasteiger partial charge in [0.2, 0.25) is 11.9 Å². The zero-order chi connectivity index (χ0) is 15.7. The van der Waals surface area contributed by atoms with Crippen molar-refractivity contribution in [2.45, 2.75) is 26.8 Å². The fourth-order valence-electron chi connectivity index (χ4n) is 2.55. The van der Waals surface area contributed by atoms with Crippen LogP contribution in [0.2, 0.25) is 0 Å². The van der Waals surface area contributed by atoms with E-state index < -0.39 is 0 Å². The lowest BCUT2D eigenvalue weighted by atomic mass is 10.3. The highest BCUT2D eigenvalue weighted by Crippen LogP contribution is 2.17. The molecule has 1 aromatic carbocycles. The lowest BCUT2D eigenvalue weighted by Gasteiger charge is -2.06. The molecule has 0 unspecified atom stereocenters. The summed E-state index contributed by atoms with van der Waals surface area (Å²) < 4.78 is 3.74. The van der Waals surface area contributed by atoms with Gasteiger partial charge in [0.15, 0.2) is 0 Å². The van der Waals surface area contributed by atoms with Crippen LogP contribution >= 0.6 is 0 Å². The van der Waals surface area contributed by atoms with Crippen LogP contribution in [0.4, 0.5) is 5.95 Å². The SMILES string of the molecule is Cc1cc(C)n(CCC(=O)Nc2nc3ccccc3n2C)n1. The van der Waals surface area contributed by atoms with Crippen LogP contribution < -0.4 is 5.32 Å². The molecule has 0 radical (unpaired) electrons. The van der Waals surface area contributed by atoms with E-state index in [0.29, 0.717) is 18.9 Å². The van der Waals surface area contributed by atoms with Gasteiger partial charge < -0.3 is 4.57 Å². The van der Waals surface area contributed by atoms with Gasteiger partial charge in [0.1, 0.15) is 0 Å². The quantitative estimate of drug-likeness (QED) is 0.804. The Labute approximate surface area is 128 Å². The predicted molar refractivity (Wildman–Crippen MR) is 85.7 cm³/mol. The summed E-state index contributed by atoms with van der Waals surface area (Å²) in [7, 11) is 1.89. The van der Waals surface area contributed by atoms with Crippen molar-refractivity contribution in [2.75, 3.05) is 5.32 Å². The number of rotatable bonds is 4. The zero-order valence-electron chi connectivity index (χ0n) is 13.0. The Kier molecular flexibility index (Phi) is 3.66. The Bertz CT molecular complexity index is 830. The first kappa shape index (κ1) is 14.3. The van der Waals surface area contributed by atoms with E-state index in [-0.39, 0.29) is 5.91 Å². The van der Waals surface area contributed by atoms with Gasteiger partial charge in [0.25, 0.3) is 0 Å². The molecular formula is C16H19N5O.